The highest BCUT2D eigenvalue weighted by Gasteiger charge is 2.30. The van der Waals surface area contributed by atoms with Crippen molar-refractivity contribution in [2.75, 3.05) is 5.32 Å². The summed E-state index contributed by atoms with van der Waals surface area (Å²) >= 11 is 0. The summed E-state index contributed by atoms with van der Waals surface area (Å²) in [4.78, 5) is 25.3. The number of halogens is 3. The molecule has 3 rings (SSSR count). The molecule has 2 amide bonds. The van der Waals surface area contributed by atoms with E-state index in [1.54, 1.807) is 43.3 Å². The minimum absolute atomic E-state index is 0.372. The van der Waals surface area contributed by atoms with Crippen molar-refractivity contribution in [1.29, 1.82) is 0 Å². The molecule has 2 aromatic carbocycles. The Hall–Kier alpha value is -3.88. The average Bonchev–Trinajstić information content (AvgIpc) is 3.25. The van der Waals surface area contributed by atoms with Gasteiger partial charge in [-0.1, -0.05) is 42.5 Å². The maximum Gasteiger partial charge on any atom is 0.416 e. The number of anilines is 1. The zero-order chi connectivity index (χ0) is 22.4. The fourth-order valence-corrected chi connectivity index (χ4v) is 2.86. The fourth-order valence-electron chi connectivity index (χ4n) is 2.86. The predicted molar refractivity (Wildman–Crippen MR) is 110 cm³/mol. The Kier molecular flexibility index (Phi) is 6.54. The minimum Gasteiger partial charge on any atom is -0.337 e. The number of nitrogens with zero attached hydrogens (tertiary/aromatic N) is 1. The van der Waals surface area contributed by atoms with Gasteiger partial charge in [0.2, 0.25) is 5.91 Å². The molecule has 0 aliphatic heterocycles. The first kappa shape index (κ1) is 21.8. The van der Waals surface area contributed by atoms with Gasteiger partial charge in [0.15, 0.2) is 0 Å². The monoisotopic (exact) mass is 428 g/mol. The molecule has 3 N–H and O–H groups in total. The van der Waals surface area contributed by atoms with Crippen molar-refractivity contribution in [3.8, 4) is 0 Å². The van der Waals surface area contributed by atoms with Gasteiger partial charge < -0.3 is 10.6 Å². The number of hydrogen-bond acceptors (Lipinski definition) is 3. The lowest BCUT2D eigenvalue weighted by Gasteiger charge is -2.18. The molecule has 6 nitrogen and oxygen atoms in total. The van der Waals surface area contributed by atoms with Gasteiger partial charge in [0.05, 0.1) is 11.8 Å². The number of alkyl halides is 3. The quantitative estimate of drug-likeness (QED) is 0.511. The van der Waals surface area contributed by atoms with Crippen LogP contribution in [0.25, 0.3) is 5.57 Å². The summed E-state index contributed by atoms with van der Waals surface area (Å²) in [7, 11) is 0. The number of aromatic amines is 1. The molecule has 0 saturated carbocycles. The van der Waals surface area contributed by atoms with E-state index >= 15 is 0 Å². The van der Waals surface area contributed by atoms with Crippen LogP contribution in [0.1, 0.15) is 29.7 Å². The molecule has 160 valence electrons. The van der Waals surface area contributed by atoms with Crippen molar-refractivity contribution in [3.05, 3.63) is 89.6 Å². The number of nitrogens with one attached hydrogen (secondary N) is 3. The third-order valence-electron chi connectivity index (χ3n) is 4.46. The SMILES string of the molecule is CC(=CC(=O)NC(C(=O)Nc1ccn[nH]1)c1ccccc1)c1ccc(C(F)(F)F)cc1. The van der Waals surface area contributed by atoms with Crippen molar-refractivity contribution >= 4 is 23.2 Å². The number of hydrogen-bond donors (Lipinski definition) is 3. The maximum absolute atomic E-state index is 12.7. The zero-order valence-corrected chi connectivity index (χ0v) is 16.4. The van der Waals surface area contributed by atoms with Crippen LogP contribution < -0.4 is 10.6 Å². The summed E-state index contributed by atoms with van der Waals surface area (Å²) in [5.74, 6) is -0.674. The van der Waals surface area contributed by atoms with Gasteiger partial charge in [-0.05, 0) is 35.8 Å². The van der Waals surface area contributed by atoms with Crippen molar-refractivity contribution < 1.29 is 22.8 Å². The Bertz CT molecular complexity index is 1060. The smallest absolute Gasteiger partial charge is 0.337 e. The summed E-state index contributed by atoms with van der Waals surface area (Å²) in [5, 5.41) is 11.6. The highest BCUT2D eigenvalue weighted by atomic mass is 19.4. The Morgan fingerprint density at radius 2 is 1.71 bits per heavy atom. The first-order chi connectivity index (χ1) is 14.7. The van der Waals surface area contributed by atoms with Crippen LogP contribution in [-0.4, -0.2) is 22.0 Å². The number of H-pyrrole nitrogens is 1. The number of carbonyl (C=O) groups excluding carboxylic acids is 2. The molecule has 0 radical (unpaired) electrons. The minimum atomic E-state index is -4.43. The van der Waals surface area contributed by atoms with E-state index in [9.17, 15) is 22.8 Å². The van der Waals surface area contributed by atoms with Crippen LogP contribution in [0.5, 0.6) is 0 Å². The van der Waals surface area contributed by atoms with Crippen molar-refractivity contribution in [3.63, 3.8) is 0 Å². The first-order valence-electron chi connectivity index (χ1n) is 9.25. The number of amides is 2. The molecule has 9 heteroatoms. The molecule has 1 atom stereocenters. The van der Waals surface area contributed by atoms with Crippen LogP contribution in [0, 0.1) is 0 Å². The topological polar surface area (TPSA) is 86.9 Å². The predicted octanol–water partition coefficient (Wildman–Crippen LogP) is 4.33. The Morgan fingerprint density at radius 3 is 2.29 bits per heavy atom. The average molecular weight is 428 g/mol. The second-order valence-corrected chi connectivity index (χ2v) is 6.71. The number of allylic oxidation sites excluding steroid dienone is 1. The van der Waals surface area contributed by atoms with Gasteiger partial charge in [0.1, 0.15) is 11.9 Å². The Morgan fingerprint density at radius 1 is 1.03 bits per heavy atom. The van der Waals surface area contributed by atoms with Gasteiger partial charge in [0, 0.05) is 12.1 Å². The molecule has 3 aromatic rings. The van der Waals surface area contributed by atoms with Gasteiger partial charge in [-0.2, -0.15) is 18.3 Å². The molecule has 1 heterocycles. The van der Waals surface area contributed by atoms with E-state index in [1.807, 2.05) is 0 Å². The number of benzene rings is 2. The van der Waals surface area contributed by atoms with Crippen molar-refractivity contribution in [1.82, 2.24) is 15.5 Å². The third kappa shape index (κ3) is 5.81. The van der Waals surface area contributed by atoms with E-state index in [4.69, 9.17) is 0 Å². The molecular weight excluding hydrogens is 409 g/mol. The summed E-state index contributed by atoms with van der Waals surface area (Å²) in [5.41, 5.74) is 0.704. The standard InChI is InChI=1S/C22H19F3N4O2/c1-14(15-7-9-17(10-8-15)22(23,24)25)13-19(30)28-20(16-5-3-2-4-6-16)21(31)27-18-11-12-26-29-18/h2-13,20H,1H3,(H,28,30)(H2,26,27,29,31). The lowest BCUT2D eigenvalue weighted by Crippen LogP contribution is -2.36. The molecule has 0 aliphatic carbocycles. The van der Waals surface area contributed by atoms with Gasteiger partial charge in [-0.3, -0.25) is 14.7 Å². The highest BCUT2D eigenvalue weighted by Crippen LogP contribution is 2.30. The fraction of sp³-hybridized carbons (Fsp3) is 0.136. The van der Waals surface area contributed by atoms with E-state index in [0.29, 0.717) is 22.5 Å². The summed E-state index contributed by atoms with van der Waals surface area (Å²) in [6.45, 7) is 1.60. The third-order valence-corrected chi connectivity index (χ3v) is 4.46. The zero-order valence-electron chi connectivity index (χ0n) is 16.4. The van der Waals surface area contributed by atoms with E-state index in [-0.39, 0.29) is 0 Å². The van der Waals surface area contributed by atoms with Crippen molar-refractivity contribution in [2.24, 2.45) is 0 Å². The largest absolute Gasteiger partial charge is 0.416 e. The Balaban J connectivity index is 1.77. The van der Waals surface area contributed by atoms with Crippen LogP contribution >= 0.6 is 0 Å². The normalized spacial score (nSPS) is 12.8. The maximum atomic E-state index is 12.7. The van der Waals surface area contributed by atoms with E-state index in [1.165, 1.54) is 24.4 Å². The van der Waals surface area contributed by atoms with Crippen LogP contribution in [-0.2, 0) is 15.8 Å². The molecule has 1 aromatic heterocycles. The van der Waals surface area contributed by atoms with Crippen LogP contribution in [0.2, 0.25) is 0 Å². The van der Waals surface area contributed by atoms with Gasteiger partial charge >= 0.3 is 6.18 Å². The second-order valence-electron chi connectivity index (χ2n) is 6.71. The molecule has 0 saturated heterocycles. The van der Waals surface area contributed by atoms with Crippen molar-refractivity contribution in [2.45, 2.75) is 19.1 Å². The molecule has 0 bridgehead atoms. The summed E-state index contributed by atoms with van der Waals surface area (Å²) in [6, 6.07) is 13.7. The molecule has 31 heavy (non-hydrogen) atoms. The second kappa shape index (κ2) is 9.29. The Labute approximate surface area is 176 Å². The molecule has 0 fully saturated rings. The van der Waals surface area contributed by atoms with Gasteiger partial charge in [-0.25, -0.2) is 0 Å². The highest BCUT2D eigenvalue weighted by molar-refractivity contribution is 6.01. The lowest BCUT2D eigenvalue weighted by atomic mass is 10.0. The van der Waals surface area contributed by atoms with Crippen LogP contribution in [0.15, 0.2) is 72.9 Å². The number of rotatable bonds is 6. The van der Waals surface area contributed by atoms with Gasteiger partial charge in [-0.15, -0.1) is 0 Å². The number of carbonyl (C=O) groups is 2. The molecular formula is C22H19F3N4O2. The summed E-state index contributed by atoms with van der Waals surface area (Å²) < 4.78 is 38.2. The van der Waals surface area contributed by atoms with Gasteiger partial charge in [0.25, 0.3) is 5.91 Å². The first-order valence-corrected chi connectivity index (χ1v) is 9.25. The van der Waals surface area contributed by atoms with Crippen LogP contribution in [0.4, 0.5) is 19.0 Å². The molecule has 0 aliphatic rings. The van der Waals surface area contributed by atoms with Crippen LogP contribution in [0.3, 0.4) is 0 Å². The van der Waals surface area contributed by atoms with E-state index < -0.39 is 29.6 Å². The molecule has 1 unspecified atom stereocenters. The number of aromatic nitrogens is 2. The lowest BCUT2D eigenvalue weighted by molar-refractivity contribution is -0.137. The molecule has 0 spiro atoms. The summed E-state index contributed by atoms with van der Waals surface area (Å²) in [6.07, 6.45) is -1.72. The van der Waals surface area contributed by atoms with E-state index in [0.717, 1.165) is 12.1 Å². The van der Waals surface area contributed by atoms with E-state index in [2.05, 4.69) is 20.8 Å².